The molecule has 4 fully saturated rings. The zero-order valence-electron chi connectivity index (χ0n) is 23.9. The first-order valence-corrected chi connectivity index (χ1v) is 14.5. The third kappa shape index (κ3) is 5.21. The highest BCUT2D eigenvalue weighted by Gasteiger charge is 2.67. The van der Waals surface area contributed by atoms with Gasteiger partial charge < -0.3 is 19.3 Å². The average molecular weight is 535 g/mol. The highest BCUT2D eigenvalue weighted by molar-refractivity contribution is 5.67. The largest absolute Gasteiger partial charge is 0.481 e. The van der Waals surface area contributed by atoms with Gasteiger partial charge in [0.05, 0.1) is 0 Å². The number of aliphatic carboxylic acids is 1. The molecule has 8 heteroatoms. The lowest BCUT2D eigenvalue weighted by Gasteiger charge is -2.64. The second kappa shape index (κ2) is 10.8. The highest BCUT2D eigenvalue weighted by Crippen LogP contribution is 2.69. The van der Waals surface area contributed by atoms with E-state index >= 15 is 0 Å². The van der Waals surface area contributed by atoms with Crippen LogP contribution in [-0.2, 0) is 33.4 Å². The van der Waals surface area contributed by atoms with E-state index < -0.39 is 5.97 Å². The molecule has 0 heterocycles. The molecule has 0 spiro atoms. The molecule has 0 aromatic heterocycles. The van der Waals surface area contributed by atoms with Crippen LogP contribution in [0, 0.1) is 46.3 Å². The number of carbonyl (C=O) groups excluding carboxylic acids is 3. The van der Waals surface area contributed by atoms with Gasteiger partial charge in [0.1, 0.15) is 18.3 Å². The van der Waals surface area contributed by atoms with Crippen molar-refractivity contribution in [2.45, 2.75) is 118 Å². The molecular weight excluding hydrogens is 488 g/mol. The number of fused-ring (bicyclic) bond motifs is 5. The lowest BCUT2D eigenvalue weighted by molar-refractivity contribution is -0.224. The average Bonchev–Trinajstić information content (AvgIpc) is 3.16. The van der Waals surface area contributed by atoms with Crippen molar-refractivity contribution in [2.24, 2.45) is 46.3 Å². The van der Waals surface area contributed by atoms with Crippen LogP contribution in [0.4, 0.5) is 0 Å². The molecule has 11 atom stereocenters. The fourth-order valence-electron chi connectivity index (χ4n) is 9.67. The van der Waals surface area contributed by atoms with Gasteiger partial charge in [0, 0.05) is 38.5 Å². The maximum Gasteiger partial charge on any atom is 0.303 e. The quantitative estimate of drug-likeness (QED) is 0.352. The van der Waals surface area contributed by atoms with Crippen LogP contribution in [0.25, 0.3) is 0 Å². The van der Waals surface area contributed by atoms with Gasteiger partial charge in [-0.25, -0.2) is 0 Å². The first-order valence-electron chi connectivity index (χ1n) is 14.5. The topological polar surface area (TPSA) is 116 Å². The number of rotatable bonds is 7. The summed E-state index contributed by atoms with van der Waals surface area (Å²) in [7, 11) is 0. The lowest BCUT2D eigenvalue weighted by Crippen LogP contribution is -2.63. The van der Waals surface area contributed by atoms with E-state index in [4.69, 9.17) is 14.2 Å². The molecule has 0 saturated heterocycles. The Morgan fingerprint density at radius 2 is 1.53 bits per heavy atom. The van der Waals surface area contributed by atoms with Crippen LogP contribution < -0.4 is 0 Å². The molecule has 4 aliphatic carbocycles. The summed E-state index contributed by atoms with van der Waals surface area (Å²) >= 11 is 0. The molecular formula is C30H46O8. The molecule has 214 valence electrons. The summed E-state index contributed by atoms with van der Waals surface area (Å²) in [6, 6.07) is 0. The predicted molar refractivity (Wildman–Crippen MR) is 139 cm³/mol. The minimum absolute atomic E-state index is 0.0370. The molecule has 1 N–H and O–H groups in total. The summed E-state index contributed by atoms with van der Waals surface area (Å²) in [5.41, 5.74) is -0.355. The van der Waals surface area contributed by atoms with Crippen molar-refractivity contribution in [3.63, 3.8) is 0 Å². The van der Waals surface area contributed by atoms with E-state index in [1.807, 2.05) is 0 Å². The molecule has 0 amide bonds. The van der Waals surface area contributed by atoms with Gasteiger partial charge in [-0.05, 0) is 86.4 Å². The summed E-state index contributed by atoms with van der Waals surface area (Å²) in [6.45, 7) is 11.1. The Labute approximate surface area is 226 Å². The molecule has 4 saturated carbocycles. The van der Waals surface area contributed by atoms with Crippen LogP contribution in [0.2, 0.25) is 0 Å². The summed E-state index contributed by atoms with van der Waals surface area (Å²) < 4.78 is 17.8. The van der Waals surface area contributed by atoms with Crippen LogP contribution in [0.5, 0.6) is 0 Å². The van der Waals surface area contributed by atoms with Crippen LogP contribution >= 0.6 is 0 Å². The number of carboxylic acids is 1. The van der Waals surface area contributed by atoms with E-state index in [9.17, 15) is 24.3 Å². The fraction of sp³-hybridized carbons (Fsp3) is 0.867. The number of carboxylic acid groups (broad SMARTS) is 1. The van der Waals surface area contributed by atoms with Gasteiger partial charge in [-0.15, -0.1) is 0 Å². The molecule has 0 aromatic carbocycles. The normalized spacial score (nSPS) is 42.6. The minimum atomic E-state index is -0.790. The Morgan fingerprint density at radius 3 is 2.13 bits per heavy atom. The number of hydrogen-bond acceptors (Lipinski definition) is 7. The molecule has 8 nitrogen and oxygen atoms in total. The van der Waals surface area contributed by atoms with Gasteiger partial charge in [-0.1, -0.05) is 20.8 Å². The summed E-state index contributed by atoms with van der Waals surface area (Å²) in [5, 5.41) is 9.31. The lowest BCUT2D eigenvalue weighted by atomic mass is 9.43. The van der Waals surface area contributed by atoms with Crippen molar-refractivity contribution in [2.75, 3.05) is 0 Å². The number of carbonyl (C=O) groups is 4. The molecule has 0 aliphatic heterocycles. The van der Waals surface area contributed by atoms with E-state index in [1.165, 1.54) is 20.8 Å². The Bertz CT molecular complexity index is 947. The Kier molecular flexibility index (Phi) is 8.21. The van der Waals surface area contributed by atoms with Crippen molar-refractivity contribution in [1.82, 2.24) is 0 Å². The van der Waals surface area contributed by atoms with E-state index in [1.54, 1.807) is 0 Å². The van der Waals surface area contributed by atoms with Gasteiger partial charge in [-0.2, -0.15) is 0 Å². The zero-order valence-corrected chi connectivity index (χ0v) is 23.9. The predicted octanol–water partition coefficient (Wildman–Crippen LogP) is 5.16. The van der Waals surface area contributed by atoms with Crippen molar-refractivity contribution in [1.29, 1.82) is 0 Å². The molecule has 4 aliphatic rings. The van der Waals surface area contributed by atoms with Crippen molar-refractivity contribution in [3.05, 3.63) is 0 Å². The smallest absolute Gasteiger partial charge is 0.303 e. The standard InChI is InChI=1S/C30H46O8/c1-16(7-10-27(34)35)22-8-9-23-28-24(15-26(30(22,23)6)38-19(4)33)29(5)12-11-21(36-17(2)31)13-20(29)14-25(28)37-18(3)32/h16,20-26,28H,7-15H2,1-6H3,(H,34,35)/t16-,20+,21?,22-,23+,24+,25?,26?,28+,29+,30-/m1/s1. The first-order chi connectivity index (χ1) is 17.8. The van der Waals surface area contributed by atoms with Gasteiger partial charge in [0.15, 0.2) is 0 Å². The van der Waals surface area contributed by atoms with Gasteiger partial charge in [0.2, 0.25) is 0 Å². The van der Waals surface area contributed by atoms with E-state index in [-0.39, 0.29) is 89.0 Å². The van der Waals surface area contributed by atoms with Gasteiger partial charge >= 0.3 is 23.9 Å². The zero-order chi connectivity index (χ0) is 28.0. The van der Waals surface area contributed by atoms with Crippen molar-refractivity contribution < 1.29 is 38.5 Å². The Balaban J connectivity index is 1.71. The SMILES string of the molecule is CC(=O)OC1CC[C@@]2(C)[C@@H](C1)CC(OC(C)=O)[C@@H]1[C@@H]2CC(OC(C)=O)[C@]2(C)[C@@H]([C@H](C)CCC(=O)O)CC[C@@H]12. The molecule has 38 heavy (non-hydrogen) atoms. The van der Waals surface area contributed by atoms with Gasteiger partial charge in [0.25, 0.3) is 0 Å². The first kappa shape index (κ1) is 28.9. The molecule has 0 radical (unpaired) electrons. The monoisotopic (exact) mass is 534 g/mol. The highest BCUT2D eigenvalue weighted by atomic mass is 16.6. The van der Waals surface area contributed by atoms with Crippen LogP contribution in [0.15, 0.2) is 0 Å². The molecule has 4 rings (SSSR count). The van der Waals surface area contributed by atoms with Crippen molar-refractivity contribution in [3.8, 4) is 0 Å². The maximum absolute atomic E-state index is 12.4. The summed E-state index contributed by atoms with van der Waals surface area (Å²) in [4.78, 5) is 47.7. The summed E-state index contributed by atoms with van der Waals surface area (Å²) in [6.07, 6.45) is 5.93. The Morgan fingerprint density at radius 1 is 0.868 bits per heavy atom. The number of esters is 3. The third-order valence-electron chi connectivity index (χ3n) is 11.2. The van der Waals surface area contributed by atoms with E-state index in [0.717, 1.165) is 38.5 Å². The van der Waals surface area contributed by atoms with E-state index in [2.05, 4.69) is 20.8 Å². The maximum atomic E-state index is 12.4. The fourth-order valence-corrected chi connectivity index (χ4v) is 9.67. The second-order valence-electron chi connectivity index (χ2n) is 13.2. The minimum Gasteiger partial charge on any atom is -0.481 e. The third-order valence-corrected chi connectivity index (χ3v) is 11.2. The van der Waals surface area contributed by atoms with Crippen molar-refractivity contribution >= 4 is 23.9 Å². The number of hydrogen-bond donors (Lipinski definition) is 1. The molecule has 0 bridgehead atoms. The number of ether oxygens (including phenoxy) is 3. The Hall–Kier alpha value is -2.12. The second-order valence-corrected chi connectivity index (χ2v) is 13.2. The van der Waals surface area contributed by atoms with Crippen LogP contribution in [0.1, 0.15) is 99.3 Å². The van der Waals surface area contributed by atoms with E-state index in [0.29, 0.717) is 12.8 Å². The molecule has 3 unspecified atom stereocenters. The van der Waals surface area contributed by atoms with Crippen LogP contribution in [0.3, 0.4) is 0 Å². The van der Waals surface area contributed by atoms with Crippen LogP contribution in [-0.4, -0.2) is 47.3 Å². The molecule has 0 aromatic rings. The summed E-state index contributed by atoms with van der Waals surface area (Å²) in [5.74, 6) is -0.421. The van der Waals surface area contributed by atoms with Gasteiger partial charge in [-0.3, -0.25) is 19.2 Å².